The summed E-state index contributed by atoms with van der Waals surface area (Å²) in [4.78, 5) is 24.0. The second-order valence-corrected chi connectivity index (χ2v) is 5.67. The van der Waals surface area contributed by atoms with E-state index in [9.17, 15) is 9.59 Å². The summed E-state index contributed by atoms with van der Waals surface area (Å²) in [7, 11) is 5.35. The fourth-order valence-electron chi connectivity index (χ4n) is 2.06. The molecule has 0 aromatic rings. The standard InChI is InChI=1S/C7H15NO2.C5H9NO.C3H9NO/c1-5(2)6(7(9)10)8(3)4;7-5-6-3-1-2-4-6;1-4-2-3-5/h5-6H,1-4H3,(H,9,10);5H,1-4H2;4-5H,2-3H2,1H3. The Morgan fingerprint density at radius 2 is 1.82 bits per heavy atom. The lowest BCUT2D eigenvalue weighted by atomic mass is 10.0. The van der Waals surface area contributed by atoms with Crippen LogP contribution in [0.1, 0.15) is 26.7 Å². The highest BCUT2D eigenvalue weighted by atomic mass is 16.4. The molecule has 0 aromatic carbocycles. The zero-order valence-electron chi connectivity index (χ0n) is 14.6. The van der Waals surface area contributed by atoms with Crippen LogP contribution in [-0.2, 0) is 9.59 Å². The first kappa shape index (κ1) is 23.1. The Morgan fingerprint density at radius 3 is 1.91 bits per heavy atom. The van der Waals surface area contributed by atoms with E-state index < -0.39 is 5.97 Å². The topological polar surface area (TPSA) is 93.1 Å². The number of carbonyl (C=O) groups excluding carboxylic acids is 1. The van der Waals surface area contributed by atoms with Crippen molar-refractivity contribution in [3.8, 4) is 0 Å². The number of hydrogen-bond donors (Lipinski definition) is 3. The van der Waals surface area contributed by atoms with Crippen LogP contribution < -0.4 is 5.32 Å². The van der Waals surface area contributed by atoms with Gasteiger partial charge in [-0.05, 0) is 39.9 Å². The molecule has 1 amide bonds. The summed E-state index contributed by atoms with van der Waals surface area (Å²) < 4.78 is 0. The van der Waals surface area contributed by atoms with Gasteiger partial charge in [0, 0.05) is 19.6 Å². The molecule has 0 aromatic heterocycles. The monoisotopic (exact) mass is 319 g/mol. The molecule has 1 fully saturated rings. The number of rotatable bonds is 6. The molecule has 7 nitrogen and oxygen atoms in total. The van der Waals surface area contributed by atoms with Crippen LogP contribution in [0.15, 0.2) is 0 Å². The Bertz CT molecular complexity index is 270. The largest absolute Gasteiger partial charge is 0.480 e. The SMILES string of the molecule is CC(C)C(C(=O)O)N(C)C.CNCCO.O=CN1CCCC1. The molecule has 0 radical (unpaired) electrons. The molecule has 7 heteroatoms. The van der Waals surface area contributed by atoms with Crippen LogP contribution in [0.2, 0.25) is 0 Å². The van der Waals surface area contributed by atoms with Crippen molar-refractivity contribution in [3.05, 3.63) is 0 Å². The number of amides is 1. The third-order valence-electron chi connectivity index (χ3n) is 3.09. The average Bonchev–Trinajstić information content (AvgIpc) is 2.92. The van der Waals surface area contributed by atoms with E-state index in [1.807, 2.05) is 13.8 Å². The predicted molar refractivity (Wildman–Crippen MR) is 87.8 cm³/mol. The van der Waals surface area contributed by atoms with Crippen LogP contribution in [0.4, 0.5) is 0 Å². The van der Waals surface area contributed by atoms with Gasteiger partial charge in [0.2, 0.25) is 6.41 Å². The van der Waals surface area contributed by atoms with E-state index in [2.05, 4.69) is 5.32 Å². The Morgan fingerprint density at radius 1 is 1.32 bits per heavy atom. The number of nitrogens with one attached hydrogen (secondary N) is 1. The molecule has 22 heavy (non-hydrogen) atoms. The van der Waals surface area contributed by atoms with Crippen molar-refractivity contribution in [2.24, 2.45) is 5.92 Å². The number of carbonyl (C=O) groups is 2. The van der Waals surface area contributed by atoms with Crippen molar-refractivity contribution in [1.82, 2.24) is 15.1 Å². The summed E-state index contributed by atoms with van der Waals surface area (Å²) in [5, 5.41) is 19.4. The van der Waals surface area contributed by atoms with Gasteiger partial charge >= 0.3 is 5.97 Å². The lowest BCUT2D eigenvalue weighted by Crippen LogP contribution is -2.39. The van der Waals surface area contributed by atoms with Gasteiger partial charge in [0.1, 0.15) is 6.04 Å². The maximum atomic E-state index is 10.5. The Hall–Kier alpha value is -1.18. The molecule has 3 N–H and O–H groups in total. The van der Waals surface area contributed by atoms with E-state index >= 15 is 0 Å². The third kappa shape index (κ3) is 12.6. The van der Waals surface area contributed by atoms with Gasteiger partial charge in [0.15, 0.2) is 0 Å². The molecule has 0 aliphatic carbocycles. The molecule has 132 valence electrons. The summed E-state index contributed by atoms with van der Waals surface area (Å²) in [5.74, 6) is -0.590. The number of carboxylic acid groups (broad SMARTS) is 1. The number of hydrogen-bond acceptors (Lipinski definition) is 5. The van der Waals surface area contributed by atoms with E-state index in [0.717, 1.165) is 19.5 Å². The zero-order chi connectivity index (χ0) is 17.5. The normalized spacial score (nSPS) is 14.8. The number of likely N-dealkylation sites (N-methyl/N-ethyl adjacent to an activating group) is 2. The summed E-state index contributed by atoms with van der Waals surface area (Å²) in [6.07, 6.45) is 3.31. The predicted octanol–water partition coefficient (Wildman–Crippen LogP) is 0.0939. The van der Waals surface area contributed by atoms with E-state index in [1.54, 1.807) is 30.9 Å². The zero-order valence-corrected chi connectivity index (χ0v) is 14.6. The summed E-state index contributed by atoms with van der Waals surface area (Å²) in [6, 6.07) is -0.361. The first-order chi connectivity index (χ1) is 10.3. The average molecular weight is 319 g/mol. The van der Waals surface area contributed by atoms with Crippen molar-refractivity contribution in [2.45, 2.75) is 32.7 Å². The van der Waals surface area contributed by atoms with Gasteiger partial charge in [-0.1, -0.05) is 13.8 Å². The fourth-order valence-corrected chi connectivity index (χ4v) is 2.06. The van der Waals surface area contributed by atoms with Gasteiger partial charge < -0.3 is 20.4 Å². The van der Waals surface area contributed by atoms with E-state index in [0.29, 0.717) is 6.54 Å². The molecule has 0 saturated carbocycles. The molecule has 1 atom stereocenters. The lowest BCUT2D eigenvalue weighted by Gasteiger charge is -2.22. The molecule has 1 saturated heterocycles. The molecule has 0 spiro atoms. The van der Waals surface area contributed by atoms with Crippen molar-refractivity contribution in [3.63, 3.8) is 0 Å². The smallest absolute Gasteiger partial charge is 0.321 e. The number of nitrogens with zero attached hydrogens (tertiary/aromatic N) is 2. The van der Waals surface area contributed by atoms with Crippen LogP contribution in [-0.4, -0.2) is 85.8 Å². The minimum absolute atomic E-state index is 0.160. The summed E-state index contributed by atoms with van der Waals surface area (Å²) in [5.41, 5.74) is 0. The minimum Gasteiger partial charge on any atom is -0.480 e. The fraction of sp³-hybridized carbons (Fsp3) is 0.867. The first-order valence-corrected chi connectivity index (χ1v) is 7.65. The van der Waals surface area contributed by atoms with E-state index in [1.165, 1.54) is 12.8 Å². The maximum Gasteiger partial charge on any atom is 0.321 e. The molecule has 1 heterocycles. The molecule has 0 bridgehead atoms. The van der Waals surface area contributed by atoms with Gasteiger partial charge in [0.25, 0.3) is 0 Å². The van der Waals surface area contributed by atoms with Gasteiger partial charge in [-0.25, -0.2) is 0 Å². The number of carboxylic acids is 1. The van der Waals surface area contributed by atoms with Gasteiger partial charge in [-0.3, -0.25) is 14.5 Å². The van der Waals surface area contributed by atoms with Crippen LogP contribution >= 0.6 is 0 Å². The minimum atomic E-state index is -0.750. The van der Waals surface area contributed by atoms with Crippen LogP contribution in [0, 0.1) is 5.92 Å². The maximum absolute atomic E-state index is 10.5. The van der Waals surface area contributed by atoms with Crippen molar-refractivity contribution >= 4 is 12.4 Å². The Kier molecular flexibility index (Phi) is 15.5. The summed E-state index contributed by atoms with van der Waals surface area (Å²) in [6.45, 7) is 6.68. The number of aliphatic carboxylic acids is 1. The highest BCUT2D eigenvalue weighted by molar-refractivity contribution is 5.73. The molecule has 1 aliphatic rings. The Balaban J connectivity index is 0. The van der Waals surface area contributed by atoms with Gasteiger partial charge in [-0.15, -0.1) is 0 Å². The Labute approximate surface area is 134 Å². The first-order valence-electron chi connectivity index (χ1n) is 7.65. The van der Waals surface area contributed by atoms with Crippen molar-refractivity contribution in [1.29, 1.82) is 0 Å². The molecular weight excluding hydrogens is 286 g/mol. The number of aliphatic hydroxyl groups is 1. The van der Waals surface area contributed by atoms with Crippen LogP contribution in [0.25, 0.3) is 0 Å². The van der Waals surface area contributed by atoms with Crippen molar-refractivity contribution < 1.29 is 19.8 Å². The van der Waals surface area contributed by atoms with Crippen LogP contribution in [0.5, 0.6) is 0 Å². The second-order valence-electron chi connectivity index (χ2n) is 5.67. The van der Waals surface area contributed by atoms with E-state index in [-0.39, 0.29) is 18.6 Å². The van der Waals surface area contributed by atoms with Crippen molar-refractivity contribution in [2.75, 3.05) is 47.4 Å². The van der Waals surface area contributed by atoms with Gasteiger partial charge in [0.05, 0.1) is 6.61 Å². The number of likely N-dealkylation sites (tertiary alicyclic amines) is 1. The second kappa shape index (κ2) is 14.7. The quantitative estimate of drug-likeness (QED) is 0.601. The highest BCUT2D eigenvalue weighted by Crippen LogP contribution is 2.06. The molecule has 1 rings (SSSR count). The molecular formula is C15H33N3O4. The number of aliphatic hydroxyl groups excluding tert-OH is 1. The van der Waals surface area contributed by atoms with Gasteiger partial charge in [-0.2, -0.15) is 0 Å². The molecule has 1 unspecified atom stereocenters. The summed E-state index contributed by atoms with van der Waals surface area (Å²) >= 11 is 0. The third-order valence-corrected chi connectivity index (χ3v) is 3.09. The van der Waals surface area contributed by atoms with Crippen LogP contribution in [0.3, 0.4) is 0 Å². The van der Waals surface area contributed by atoms with E-state index in [4.69, 9.17) is 10.2 Å². The molecule has 1 aliphatic heterocycles. The highest BCUT2D eigenvalue weighted by Gasteiger charge is 2.22. The lowest BCUT2D eigenvalue weighted by molar-refractivity contribution is -0.143.